The molecule has 3 rings (SSSR count). The summed E-state index contributed by atoms with van der Waals surface area (Å²) >= 11 is 6.09. The van der Waals surface area contributed by atoms with E-state index < -0.39 is 0 Å². The third-order valence-corrected chi connectivity index (χ3v) is 5.36. The van der Waals surface area contributed by atoms with E-state index in [0.717, 1.165) is 24.2 Å². The van der Waals surface area contributed by atoms with Crippen molar-refractivity contribution in [1.29, 1.82) is 0 Å². The molecule has 0 aliphatic carbocycles. The van der Waals surface area contributed by atoms with Gasteiger partial charge in [0, 0.05) is 43.3 Å². The summed E-state index contributed by atoms with van der Waals surface area (Å²) in [6.45, 7) is 7.57. The van der Waals surface area contributed by atoms with Crippen molar-refractivity contribution in [2.24, 2.45) is 5.73 Å². The van der Waals surface area contributed by atoms with Gasteiger partial charge < -0.3 is 5.73 Å². The highest BCUT2D eigenvalue weighted by Gasteiger charge is 2.32. The highest BCUT2D eigenvalue weighted by atomic mass is 35.5. The molecule has 2 aliphatic heterocycles. The van der Waals surface area contributed by atoms with Gasteiger partial charge in [0.1, 0.15) is 0 Å². The predicted molar refractivity (Wildman–Crippen MR) is 88.8 cm³/mol. The maximum atomic E-state index is 6.12. The number of hydrogen-bond acceptors (Lipinski definition) is 3. The molecule has 0 amide bonds. The van der Waals surface area contributed by atoms with Crippen LogP contribution >= 0.6 is 11.6 Å². The number of nitrogens with two attached hydrogens (primary N) is 1. The molecule has 2 aliphatic rings. The van der Waals surface area contributed by atoms with Crippen molar-refractivity contribution < 1.29 is 0 Å². The largest absolute Gasteiger partial charge is 0.329 e. The molecule has 4 heteroatoms. The Bertz CT molecular complexity index is 491. The van der Waals surface area contributed by atoms with Gasteiger partial charge in [0.2, 0.25) is 0 Å². The molecule has 2 fully saturated rings. The number of halogens is 1. The molecule has 21 heavy (non-hydrogen) atoms. The zero-order chi connectivity index (χ0) is 14.8. The smallest absolute Gasteiger partial charge is 0.0474 e. The van der Waals surface area contributed by atoms with Gasteiger partial charge in [-0.25, -0.2) is 0 Å². The average Bonchev–Trinajstić information content (AvgIpc) is 2.50. The Morgan fingerprint density at radius 3 is 2.90 bits per heavy atom. The molecule has 2 unspecified atom stereocenters. The first kappa shape index (κ1) is 15.3. The van der Waals surface area contributed by atoms with Crippen LogP contribution in [0.1, 0.15) is 36.4 Å². The van der Waals surface area contributed by atoms with Crippen molar-refractivity contribution in [1.82, 2.24) is 9.80 Å². The predicted octanol–water partition coefficient (Wildman–Crippen LogP) is 2.82. The summed E-state index contributed by atoms with van der Waals surface area (Å²) in [7, 11) is 0. The summed E-state index contributed by atoms with van der Waals surface area (Å²) in [5, 5.41) is 0.809. The zero-order valence-corrected chi connectivity index (χ0v) is 13.6. The molecule has 2 heterocycles. The van der Waals surface area contributed by atoms with Gasteiger partial charge in [0.15, 0.2) is 0 Å². The lowest BCUT2D eigenvalue weighted by Crippen LogP contribution is -2.56. The van der Waals surface area contributed by atoms with Crippen molar-refractivity contribution in [3.63, 3.8) is 0 Å². The van der Waals surface area contributed by atoms with Crippen LogP contribution in [0, 0.1) is 6.92 Å². The molecule has 2 saturated heterocycles. The first-order valence-electron chi connectivity index (χ1n) is 8.13. The van der Waals surface area contributed by atoms with Gasteiger partial charge in [-0.2, -0.15) is 0 Å². The second-order valence-electron chi connectivity index (χ2n) is 6.43. The zero-order valence-electron chi connectivity index (χ0n) is 12.9. The van der Waals surface area contributed by atoms with E-state index in [9.17, 15) is 0 Å². The van der Waals surface area contributed by atoms with Crippen LogP contribution in [0.4, 0.5) is 0 Å². The standard InChI is InChI=1S/C17H26ClN3/c1-13-10-14(18)5-6-16(13)17(11-19)21-9-8-20-7-3-2-4-15(20)12-21/h5-6,10,15,17H,2-4,7-9,11-12,19H2,1H3. The van der Waals surface area contributed by atoms with E-state index in [0.29, 0.717) is 12.6 Å². The number of hydrogen-bond donors (Lipinski definition) is 1. The van der Waals surface area contributed by atoms with E-state index in [2.05, 4.69) is 28.9 Å². The Hall–Kier alpha value is -0.610. The third-order valence-electron chi connectivity index (χ3n) is 5.12. The monoisotopic (exact) mass is 307 g/mol. The van der Waals surface area contributed by atoms with Crippen molar-refractivity contribution in [3.8, 4) is 0 Å². The molecular formula is C17H26ClN3. The first-order valence-corrected chi connectivity index (χ1v) is 8.51. The lowest BCUT2D eigenvalue weighted by atomic mass is 9.95. The van der Waals surface area contributed by atoms with Crippen LogP contribution < -0.4 is 5.73 Å². The minimum absolute atomic E-state index is 0.325. The molecule has 1 aromatic carbocycles. The van der Waals surface area contributed by atoms with Gasteiger partial charge in [-0.3, -0.25) is 9.80 Å². The van der Waals surface area contributed by atoms with Gasteiger partial charge in [-0.15, -0.1) is 0 Å². The van der Waals surface area contributed by atoms with E-state index in [1.165, 1.54) is 43.5 Å². The van der Waals surface area contributed by atoms with E-state index in [1.54, 1.807) is 0 Å². The molecular weight excluding hydrogens is 282 g/mol. The number of fused-ring (bicyclic) bond motifs is 1. The van der Waals surface area contributed by atoms with E-state index in [4.69, 9.17) is 17.3 Å². The fraction of sp³-hybridized carbons (Fsp3) is 0.647. The van der Waals surface area contributed by atoms with E-state index in [1.807, 2.05) is 6.07 Å². The lowest BCUT2D eigenvalue weighted by Gasteiger charge is -2.46. The van der Waals surface area contributed by atoms with Crippen molar-refractivity contribution in [2.75, 3.05) is 32.7 Å². The lowest BCUT2D eigenvalue weighted by molar-refractivity contribution is 0.0285. The van der Waals surface area contributed by atoms with Crippen LogP contribution in [0.2, 0.25) is 5.02 Å². The molecule has 116 valence electrons. The topological polar surface area (TPSA) is 32.5 Å². The van der Waals surface area contributed by atoms with Gasteiger partial charge in [-0.05, 0) is 49.6 Å². The van der Waals surface area contributed by atoms with Crippen LogP contribution in [-0.2, 0) is 0 Å². The van der Waals surface area contributed by atoms with Crippen molar-refractivity contribution >= 4 is 11.6 Å². The first-order chi connectivity index (χ1) is 10.2. The fourth-order valence-electron chi connectivity index (χ4n) is 3.95. The Balaban J connectivity index is 1.77. The maximum absolute atomic E-state index is 6.12. The van der Waals surface area contributed by atoms with Crippen LogP contribution in [0.25, 0.3) is 0 Å². The molecule has 0 bridgehead atoms. The SMILES string of the molecule is Cc1cc(Cl)ccc1C(CN)N1CCN2CCCCC2C1. The number of piperazine rings is 1. The minimum atomic E-state index is 0.325. The number of nitrogens with zero attached hydrogens (tertiary/aromatic N) is 2. The Labute approximate surface area is 133 Å². The summed E-state index contributed by atoms with van der Waals surface area (Å²) in [6.07, 6.45) is 4.09. The minimum Gasteiger partial charge on any atom is -0.329 e. The fourth-order valence-corrected chi connectivity index (χ4v) is 4.18. The Morgan fingerprint density at radius 2 is 2.14 bits per heavy atom. The van der Waals surface area contributed by atoms with E-state index in [-0.39, 0.29) is 0 Å². The molecule has 0 radical (unpaired) electrons. The molecule has 1 aromatic rings. The second-order valence-corrected chi connectivity index (χ2v) is 6.87. The summed E-state index contributed by atoms with van der Waals surface area (Å²) in [4.78, 5) is 5.25. The molecule has 0 spiro atoms. The summed E-state index contributed by atoms with van der Waals surface area (Å²) in [5.74, 6) is 0. The van der Waals surface area contributed by atoms with Gasteiger partial charge in [0.05, 0.1) is 0 Å². The van der Waals surface area contributed by atoms with Crippen molar-refractivity contribution in [2.45, 2.75) is 38.3 Å². The quantitative estimate of drug-likeness (QED) is 0.932. The highest BCUT2D eigenvalue weighted by molar-refractivity contribution is 6.30. The van der Waals surface area contributed by atoms with Gasteiger partial charge in [-0.1, -0.05) is 24.1 Å². The Morgan fingerprint density at radius 1 is 1.29 bits per heavy atom. The normalized spacial score (nSPS) is 25.6. The average molecular weight is 308 g/mol. The summed E-state index contributed by atoms with van der Waals surface area (Å²) in [6, 6.07) is 7.25. The number of rotatable bonds is 3. The summed E-state index contributed by atoms with van der Waals surface area (Å²) < 4.78 is 0. The van der Waals surface area contributed by atoms with Crippen LogP contribution in [0.3, 0.4) is 0 Å². The highest BCUT2D eigenvalue weighted by Crippen LogP contribution is 2.29. The van der Waals surface area contributed by atoms with Crippen LogP contribution in [0.5, 0.6) is 0 Å². The number of benzene rings is 1. The Kier molecular flexibility index (Phi) is 4.85. The van der Waals surface area contributed by atoms with Crippen LogP contribution in [0.15, 0.2) is 18.2 Å². The van der Waals surface area contributed by atoms with Crippen molar-refractivity contribution in [3.05, 3.63) is 34.3 Å². The van der Waals surface area contributed by atoms with Gasteiger partial charge >= 0.3 is 0 Å². The maximum Gasteiger partial charge on any atom is 0.0474 e. The molecule has 0 aromatic heterocycles. The third kappa shape index (κ3) is 3.26. The second kappa shape index (κ2) is 6.66. The van der Waals surface area contributed by atoms with Gasteiger partial charge in [0.25, 0.3) is 0 Å². The molecule has 2 N–H and O–H groups in total. The van der Waals surface area contributed by atoms with E-state index >= 15 is 0 Å². The number of piperidine rings is 1. The summed E-state index contributed by atoms with van der Waals surface area (Å²) in [5.41, 5.74) is 8.72. The molecule has 0 saturated carbocycles. The molecule has 3 nitrogen and oxygen atoms in total. The van der Waals surface area contributed by atoms with Crippen LogP contribution in [-0.4, -0.2) is 48.6 Å². The number of aryl methyl sites for hydroxylation is 1. The molecule has 2 atom stereocenters.